The lowest BCUT2D eigenvalue weighted by Gasteiger charge is -2.22. The Bertz CT molecular complexity index is 1130. The minimum atomic E-state index is -0.0792. The molecule has 1 atom stereocenters. The molecule has 4 nitrogen and oxygen atoms in total. The highest BCUT2D eigenvalue weighted by Gasteiger charge is 2.19. The molecule has 4 heteroatoms. The molecule has 4 aromatic rings. The van der Waals surface area contributed by atoms with E-state index in [2.05, 4.69) is 71.2 Å². The van der Waals surface area contributed by atoms with Crippen LogP contribution in [0.3, 0.4) is 0 Å². The normalized spacial score (nSPS) is 11.9. The Morgan fingerprint density at radius 2 is 1.69 bits per heavy atom. The lowest BCUT2D eigenvalue weighted by molar-refractivity contribution is 0.0963. The zero-order chi connectivity index (χ0) is 20.2. The van der Waals surface area contributed by atoms with E-state index in [-0.39, 0.29) is 11.9 Å². The second kappa shape index (κ2) is 8.23. The predicted molar refractivity (Wildman–Crippen MR) is 119 cm³/mol. The van der Waals surface area contributed by atoms with Gasteiger partial charge in [-0.25, -0.2) is 0 Å². The summed E-state index contributed by atoms with van der Waals surface area (Å²) in [5.74, 6) is -0.0792. The first kappa shape index (κ1) is 18.8. The summed E-state index contributed by atoms with van der Waals surface area (Å²) in [5.41, 5.74) is 6.45. The van der Waals surface area contributed by atoms with Gasteiger partial charge in [0.15, 0.2) is 0 Å². The maximum absolute atomic E-state index is 11.9. The lowest BCUT2D eigenvalue weighted by Crippen LogP contribution is -2.18. The molecule has 1 aromatic heterocycles. The molecule has 3 aromatic carbocycles. The summed E-state index contributed by atoms with van der Waals surface area (Å²) < 4.78 is 0. The minimum absolute atomic E-state index is 0.0439. The van der Waals surface area contributed by atoms with Gasteiger partial charge in [-0.05, 0) is 41.8 Å². The van der Waals surface area contributed by atoms with Crippen molar-refractivity contribution < 1.29 is 4.79 Å². The van der Waals surface area contributed by atoms with Crippen LogP contribution in [-0.4, -0.2) is 17.9 Å². The van der Waals surface area contributed by atoms with Crippen LogP contribution in [0, 0.1) is 0 Å². The van der Waals surface area contributed by atoms with Gasteiger partial charge in [-0.2, -0.15) is 0 Å². The Morgan fingerprint density at radius 1 is 0.966 bits per heavy atom. The fraction of sp³-hybridized carbons (Fsp3) is 0.160. The molecule has 29 heavy (non-hydrogen) atoms. The van der Waals surface area contributed by atoms with E-state index in [4.69, 9.17) is 0 Å². The van der Waals surface area contributed by atoms with E-state index in [1.165, 1.54) is 16.5 Å². The van der Waals surface area contributed by atoms with Crippen molar-refractivity contribution in [1.29, 1.82) is 0 Å². The van der Waals surface area contributed by atoms with E-state index in [1.54, 1.807) is 7.05 Å². The third kappa shape index (κ3) is 3.74. The third-order valence-corrected chi connectivity index (χ3v) is 5.36. The highest BCUT2D eigenvalue weighted by molar-refractivity contribution is 5.94. The van der Waals surface area contributed by atoms with Crippen LogP contribution in [0.4, 0.5) is 5.69 Å². The average molecular weight is 383 g/mol. The van der Waals surface area contributed by atoms with Crippen LogP contribution < -0.4 is 10.6 Å². The molecule has 0 aliphatic carbocycles. The number of carbonyl (C=O) groups excluding carboxylic acids is 1. The van der Waals surface area contributed by atoms with Crippen molar-refractivity contribution in [3.63, 3.8) is 0 Å². The van der Waals surface area contributed by atoms with Gasteiger partial charge in [0.2, 0.25) is 0 Å². The Morgan fingerprint density at radius 3 is 2.45 bits per heavy atom. The Hall–Kier alpha value is -3.53. The molecule has 0 saturated heterocycles. The maximum atomic E-state index is 11.9. The zero-order valence-corrected chi connectivity index (χ0v) is 16.7. The molecule has 0 spiro atoms. The number of rotatable bonds is 6. The third-order valence-electron chi connectivity index (χ3n) is 5.36. The van der Waals surface area contributed by atoms with Crippen molar-refractivity contribution in [2.24, 2.45) is 0 Å². The number of aromatic nitrogens is 1. The van der Waals surface area contributed by atoms with Crippen molar-refractivity contribution in [3.05, 3.63) is 101 Å². The molecule has 146 valence electrons. The van der Waals surface area contributed by atoms with Gasteiger partial charge in [0.25, 0.3) is 5.91 Å². The summed E-state index contributed by atoms with van der Waals surface area (Å²) in [6, 6.07) is 24.5. The summed E-state index contributed by atoms with van der Waals surface area (Å²) >= 11 is 0. The highest BCUT2D eigenvalue weighted by Crippen LogP contribution is 2.33. The van der Waals surface area contributed by atoms with Gasteiger partial charge in [-0.1, -0.05) is 55.5 Å². The largest absolute Gasteiger partial charge is 0.374 e. The number of aromatic amines is 1. The minimum Gasteiger partial charge on any atom is -0.374 e. The topological polar surface area (TPSA) is 56.9 Å². The predicted octanol–water partition coefficient (Wildman–Crippen LogP) is 5.29. The second-order valence-corrected chi connectivity index (χ2v) is 7.08. The second-order valence-electron chi connectivity index (χ2n) is 7.08. The zero-order valence-electron chi connectivity index (χ0n) is 16.7. The number of hydrogen-bond donors (Lipinski definition) is 3. The van der Waals surface area contributed by atoms with Gasteiger partial charge < -0.3 is 15.6 Å². The number of fused-ring (bicyclic) bond motifs is 1. The van der Waals surface area contributed by atoms with Gasteiger partial charge in [0, 0.05) is 41.0 Å². The smallest absolute Gasteiger partial charge is 0.251 e. The van der Waals surface area contributed by atoms with Gasteiger partial charge >= 0.3 is 0 Å². The fourth-order valence-corrected chi connectivity index (χ4v) is 3.77. The first-order chi connectivity index (χ1) is 14.2. The Labute approximate surface area is 171 Å². The van der Waals surface area contributed by atoms with Crippen LogP contribution >= 0.6 is 0 Å². The summed E-state index contributed by atoms with van der Waals surface area (Å²) in [7, 11) is 1.65. The molecule has 0 saturated carbocycles. The molecular formula is C25H25N3O. The van der Waals surface area contributed by atoms with Crippen LogP contribution in [0.25, 0.3) is 10.9 Å². The first-order valence-electron chi connectivity index (χ1n) is 9.93. The standard InChI is InChI=1S/C25H25N3O/c1-3-17-8-4-6-10-22(17)28-24(18-12-14-19(15-13-18)25(29)26-2)21-16-27-23-11-7-5-9-20(21)23/h4-16,24,27-28H,3H2,1-2H3,(H,26,29). The number of anilines is 1. The van der Waals surface area contributed by atoms with E-state index in [1.807, 2.05) is 30.3 Å². The molecular weight excluding hydrogens is 358 g/mol. The van der Waals surface area contributed by atoms with E-state index < -0.39 is 0 Å². The molecule has 0 aliphatic heterocycles. The number of aryl methyl sites for hydroxylation is 1. The number of carbonyl (C=O) groups is 1. The summed E-state index contributed by atoms with van der Waals surface area (Å²) in [6.07, 6.45) is 3.03. The van der Waals surface area contributed by atoms with Crippen LogP contribution in [0.15, 0.2) is 79.0 Å². The first-order valence-corrected chi connectivity index (χ1v) is 9.93. The maximum Gasteiger partial charge on any atom is 0.251 e. The molecule has 0 bridgehead atoms. The van der Waals surface area contributed by atoms with Crippen molar-refractivity contribution in [2.75, 3.05) is 12.4 Å². The van der Waals surface area contributed by atoms with Gasteiger partial charge in [0.1, 0.15) is 0 Å². The SMILES string of the molecule is CCc1ccccc1NC(c1ccc(C(=O)NC)cc1)c1c[nH]c2ccccc12. The van der Waals surface area contributed by atoms with Crippen molar-refractivity contribution >= 4 is 22.5 Å². The molecule has 1 heterocycles. The quantitative estimate of drug-likeness (QED) is 0.424. The van der Waals surface area contributed by atoms with Crippen molar-refractivity contribution in [3.8, 4) is 0 Å². The summed E-state index contributed by atoms with van der Waals surface area (Å²) in [5, 5.41) is 7.62. The number of para-hydroxylation sites is 2. The molecule has 1 unspecified atom stereocenters. The molecule has 1 amide bonds. The van der Waals surface area contributed by atoms with Gasteiger partial charge in [0.05, 0.1) is 6.04 Å². The van der Waals surface area contributed by atoms with Crippen LogP contribution in [-0.2, 0) is 6.42 Å². The monoisotopic (exact) mass is 383 g/mol. The molecule has 0 aliphatic rings. The number of hydrogen-bond acceptors (Lipinski definition) is 2. The van der Waals surface area contributed by atoms with E-state index >= 15 is 0 Å². The summed E-state index contributed by atoms with van der Waals surface area (Å²) in [4.78, 5) is 15.3. The molecule has 3 N–H and O–H groups in total. The number of amides is 1. The van der Waals surface area contributed by atoms with E-state index in [0.717, 1.165) is 23.2 Å². The highest BCUT2D eigenvalue weighted by atomic mass is 16.1. The average Bonchev–Trinajstić information content (AvgIpc) is 3.21. The van der Waals surface area contributed by atoms with E-state index in [9.17, 15) is 4.79 Å². The van der Waals surface area contributed by atoms with Crippen LogP contribution in [0.2, 0.25) is 0 Å². The van der Waals surface area contributed by atoms with E-state index in [0.29, 0.717) is 5.56 Å². The fourth-order valence-electron chi connectivity index (χ4n) is 3.77. The number of nitrogens with one attached hydrogen (secondary N) is 3. The molecule has 0 fully saturated rings. The number of benzene rings is 3. The van der Waals surface area contributed by atoms with Crippen LogP contribution in [0.5, 0.6) is 0 Å². The van der Waals surface area contributed by atoms with Crippen molar-refractivity contribution in [1.82, 2.24) is 10.3 Å². The Balaban J connectivity index is 1.80. The van der Waals surface area contributed by atoms with Crippen LogP contribution in [0.1, 0.15) is 40.0 Å². The number of H-pyrrole nitrogens is 1. The molecule has 0 radical (unpaired) electrons. The van der Waals surface area contributed by atoms with Gasteiger partial charge in [-0.3, -0.25) is 4.79 Å². The Kier molecular flexibility index (Phi) is 5.34. The van der Waals surface area contributed by atoms with Gasteiger partial charge in [-0.15, -0.1) is 0 Å². The summed E-state index contributed by atoms with van der Waals surface area (Å²) in [6.45, 7) is 2.17. The van der Waals surface area contributed by atoms with Crippen molar-refractivity contribution in [2.45, 2.75) is 19.4 Å². The molecule has 4 rings (SSSR count). The lowest BCUT2D eigenvalue weighted by atomic mass is 9.96.